The lowest BCUT2D eigenvalue weighted by Gasteiger charge is -2.31. The summed E-state index contributed by atoms with van der Waals surface area (Å²) in [4.78, 5) is 11.6. The fourth-order valence-electron chi connectivity index (χ4n) is 1.86. The van der Waals surface area contributed by atoms with Gasteiger partial charge in [-0.15, -0.1) is 0 Å². The number of carbonyl (C=O) groups is 1. The van der Waals surface area contributed by atoms with Crippen molar-refractivity contribution in [1.82, 2.24) is 0 Å². The van der Waals surface area contributed by atoms with Gasteiger partial charge in [-0.05, 0) is 52.9 Å². The van der Waals surface area contributed by atoms with Gasteiger partial charge >= 0.3 is 17.8 Å². The van der Waals surface area contributed by atoms with Crippen molar-refractivity contribution in [2.45, 2.75) is 11.8 Å². The van der Waals surface area contributed by atoms with Crippen molar-refractivity contribution >= 4 is 34.2 Å². The van der Waals surface area contributed by atoms with Crippen LogP contribution in [0, 0.1) is 9.39 Å². The lowest BCUT2D eigenvalue weighted by atomic mass is 9.96. The highest BCUT2D eigenvalue weighted by molar-refractivity contribution is 14.1. The molecule has 0 atom stereocenters. The molecule has 2 rings (SSSR count). The van der Waals surface area contributed by atoms with Crippen LogP contribution in [-0.2, 0) is 9.53 Å². The molecule has 0 fully saturated rings. The molecule has 3 nitrogen and oxygen atoms in total. The van der Waals surface area contributed by atoms with Crippen molar-refractivity contribution in [1.29, 1.82) is 0 Å². The second kappa shape index (κ2) is 6.10. The van der Waals surface area contributed by atoms with E-state index in [0.29, 0.717) is 9.65 Å². The van der Waals surface area contributed by atoms with Gasteiger partial charge in [0.15, 0.2) is 0 Å². The van der Waals surface area contributed by atoms with Crippen molar-refractivity contribution in [2.24, 2.45) is 0 Å². The first-order chi connectivity index (χ1) is 10.6. The van der Waals surface area contributed by atoms with E-state index in [2.05, 4.69) is 4.74 Å². The van der Waals surface area contributed by atoms with Gasteiger partial charge in [-0.2, -0.15) is 17.6 Å². The minimum Gasteiger partial charge on any atom is -0.465 e. The van der Waals surface area contributed by atoms with E-state index in [-0.39, 0.29) is 6.08 Å². The smallest absolute Gasteiger partial charge is 0.354 e. The van der Waals surface area contributed by atoms with Crippen LogP contribution in [0.25, 0.3) is 0 Å². The van der Waals surface area contributed by atoms with Crippen LogP contribution in [0.5, 0.6) is 0 Å². The summed E-state index contributed by atoms with van der Waals surface area (Å²) in [6.45, 7) is 0. The molecule has 0 saturated heterocycles. The zero-order valence-electron chi connectivity index (χ0n) is 11.5. The third-order valence-electron chi connectivity index (χ3n) is 3.06. The summed E-state index contributed by atoms with van der Waals surface area (Å²) < 4.78 is 73.6. The van der Waals surface area contributed by atoms with Gasteiger partial charge in [0.2, 0.25) is 0 Å². The Hall–Kier alpha value is -1.65. The summed E-state index contributed by atoms with van der Waals surface area (Å²) >= 11 is 1.79. The maximum Gasteiger partial charge on any atom is 0.354 e. The molecule has 1 aromatic rings. The first-order valence-corrected chi connectivity index (χ1v) is 7.18. The largest absolute Gasteiger partial charge is 0.465 e. The minimum absolute atomic E-state index is 0.0886. The molecule has 0 aromatic heterocycles. The molecular weight excluding hydrogens is 436 g/mol. The first-order valence-electron chi connectivity index (χ1n) is 6.10. The molecule has 9 heteroatoms. The van der Waals surface area contributed by atoms with E-state index in [4.69, 9.17) is 0 Å². The van der Waals surface area contributed by atoms with Gasteiger partial charge in [-0.25, -0.2) is 9.18 Å². The topological polar surface area (TPSA) is 38.3 Å². The van der Waals surface area contributed by atoms with Crippen molar-refractivity contribution in [3.8, 4) is 0 Å². The fourth-order valence-corrected chi connectivity index (χ4v) is 2.32. The van der Waals surface area contributed by atoms with E-state index in [1.807, 2.05) is 5.32 Å². The highest BCUT2D eigenvalue weighted by Gasteiger charge is 2.60. The number of allylic oxidation sites excluding steroid dienone is 2. The van der Waals surface area contributed by atoms with E-state index in [1.54, 1.807) is 22.6 Å². The van der Waals surface area contributed by atoms with Gasteiger partial charge in [0, 0.05) is 3.57 Å². The molecule has 23 heavy (non-hydrogen) atoms. The van der Waals surface area contributed by atoms with Gasteiger partial charge in [-0.1, -0.05) is 0 Å². The molecule has 0 radical (unpaired) electrons. The quantitative estimate of drug-likeness (QED) is 0.433. The molecule has 0 amide bonds. The molecule has 1 N–H and O–H groups in total. The number of alkyl halides is 4. The molecule has 0 spiro atoms. The molecule has 0 bridgehead atoms. The number of ether oxygens (including phenoxy) is 1. The number of halogens is 6. The Kier molecular flexibility index (Phi) is 4.69. The molecule has 124 valence electrons. The van der Waals surface area contributed by atoms with Crippen LogP contribution in [-0.4, -0.2) is 24.9 Å². The molecule has 0 heterocycles. The third kappa shape index (κ3) is 3.19. The number of rotatable bonds is 3. The van der Waals surface area contributed by atoms with Crippen LogP contribution in [0.4, 0.5) is 27.6 Å². The highest BCUT2D eigenvalue weighted by atomic mass is 127. The second-order valence-corrected chi connectivity index (χ2v) is 5.81. The van der Waals surface area contributed by atoms with E-state index >= 15 is 0 Å². The lowest BCUT2D eigenvalue weighted by Crippen LogP contribution is -2.46. The Morgan fingerprint density at radius 2 is 1.91 bits per heavy atom. The minimum atomic E-state index is -4.74. The second-order valence-electron chi connectivity index (χ2n) is 4.56. The molecule has 0 aliphatic heterocycles. The summed E-state index contributed by atoms with van der Waals surface area (Å²) in [5, 5.41) is 1.91. The average molecular weight is 445 g/mol. The monoisotopic (exact) mass is 445 g/mol. The Morgan fingerprint density at radius 3 is 2.48 bits per heavy atom. The summed E-state index contributed by atoms with van der Waals surface area (Å²) in [7, 11) is 0.914. The van der Waals surface area contributed by atoms with Crippen molar-refractivity contribution in [3.05, 3.63) is 51.0 Å². The third-order valence-corrected chi connectivity index (χ3v) is 3.73. The Labute approximate surface area is 141 Å². The van der Waals surface area contributed by atoms with E-state index in [1.165, 1.54) is 6.07 Å². The normalized spacial score (nSPS) is 18.7. The SMILES string of the molecule is COC(=O)C1=C(Nc2ccc(I)cc2F)C(F)(F)C(F)(F)C=C1. The van der Waals surface area contributed by atoms with E-state index in [9.17, 15) is 26.7 Å². The Morgan fingerprint density at radius 1 is 1.26 bits per heavy atom. The van der Waals surface area contributed by atoms with Gasteiger partial charge in [0.25, 0.3) is 0 Å². The summed E-state index contributed by atoms with van der Waals surface area (Å²) in [5.41, 5.74) is -2.69. The van der Waals surface area contributed by atoms with Crippen LogP contribution in [0.3, 0.4) is 0 Å². The maximum atomic E-state index is 14.0. The zero-order valence-corrected chi connectivity index (χ0v) is 13.6. The fraction of sp³-hybridized carbons (Fsp3) is 0.214. The predicted octanol–water partition coefficient (Wildman–Crippen LogP) is 4.11. The van der Waals surface area contributed by atoms with Crippen LogP contribution in [0.15, 0.2) is 41.6 Å². The number of hydrogen-bond donors (Lipinski definition) is 1. The summed E-state index contributed by atoms with van der Waals surface area (Å²) in [6.07, 6.45) is 0.435. The van der Waals surface area contributed by atoms with Crippen molar-refractivity contribution in [2.75, 3.05) is 12.4 Å². The first kappa shape index (κ1) is 17.7. The summed E-state index contributed by atoms with van der Waals surface area (Å²) in [5.74, 6) is -11.4. The predicted molar refractivity (Wildman–Crippen MR) is 80.8 cm³/mol. The Bertz CT molecular complexity index is 715. The number of anilines is 1. The van der Waals surface area contributed by atoms with Gasteiger partial charge in [-0.3, -0.25) is 0 Å². The van der Waals surface area contributed by atoms with Gasteiger partial charge < -0.3 is 10.1 Å². The van der Waals surface area contributed by atoms with Crippen LogP contribution in [0.1, 0.15) is 0 Å². The molecular formula is C14H9F5INO2. The number of nitrogens with one attached hydrogen (secondary N) is 1. The molecule has 0 saturated carbocycles. The average Bonchev–Trinajstić information content (AvgIpc) is 2.46. The van der Waals surface area contributed by atoms with Crippen LogP contribution < -0.4 is 5.32 Å². The highest BCUT2D eigenvalue weighted by Crippen LogP contribution is 2.45. The molecule has 1 aliphatic rings. The molecule has 1 aromatic carbocycles. The van der Waals surface area contributed by atoms with Crippen LogP contribution >= 0.6 is 22.6 Å². The summed E-state index contributed by atoms with van der Waals surface area (Å²) in [6, 6.07) is 3.51. The van der Waals surface area contributed by atoms with Crippen molar-refractivity contribution < 1.29 is 31.5 Å². The van der Waals surface area contributed by atoms with Gasteiger partial charge in [0.05, 0.1) is 18.4 Å². The van der Waals surface area contributed by atoms with E-state index < -0.39 is 40.6 Å². The molecule has 0 unspecified atom stereocenters. The number of esters is 1. The maximum absolute atomic E-state index is 14.0. The number of hydrogen-bond acceptors (Lipinski definition) is 3. The van der Waals surface area contributed by atoms with Crippen LogP contribution in [0.2, 0.25) is 0 Å². The van der Waals surface area contributed by atoms with E-state index in [0.717, 1.165) is 19.2 Å². The van der Waals surface area contributed by atoms with Gasteiger partial charge in [0.1, 0.15) is 11.5 Å². The lowest BCUT2D eigenvalue weighted by molar-refractivity contribution is -0.157. The standard InChI is InChI=1S/C14H9F5INO2/c1-23-12(22)8-4-5-13(16,17)14(18,19)11(8)21-10-3-2-7(20)6-9(10)15/h2-6,21H,1H3. The zero-order chi connectivity index (χ0) is 17.4. The Balaban J connectivity index is 2.57. The van der Waals surface area contributed by atoms with Crippen molar-refractivity contribution in [3.63, 3.8) is 0 Å². The number of benzene rings is 1. The number of methoxy groups -OCH3 is 1. The molecule has 1 aliphatic carbocycles. The number of carbonyl (C=O) groups excluding carboxylic acids is 1.